The van der Waals surface area contributed by atoms with Crippen molar-refractivity contribution in [1.29, 1.82) is 0 Å². The lowest BCUT2D eigenvalue weighted by atomic mass is 10.2. The minimum Gasteiger partial charge on any atom is -0.490 e. The van der Waals surface area contributed by atoms with Crippen LogP contribution in [0.1, 0.15) is 10.4 Å². The van der Waals surface area contributed by atoms with Gasteiger partial charge in [-0.3, -0.25) is 0 Å². The molecule has 0 aliphatic carbocycles. The van der Waals surface area contributed by atoms with Crippen LogP contribution in [-0.4, -0.2) is 40.1 Å². The highest BCUT2D eigenvalue weighted by Crippen LogP contribution is 2.22. The summed E-state index contributed by atoms with van der Waals surface area (Å²) in [4.78, 5) is 11.2. The number of benzene rings is 1. The van der Waals surface area contributed by atoms with E-state index in [0.29, 0.717) is 11.3 Å². The summed E-state index contributed by atoms with van der Waals surface area (Å²) in [6, 6.07) is 4.42. The number of nitrogens with two attached hydrogens (primary N) is 1. The number of nitrogen functional groups attached to an aromatic ring is 1. The van der Waals surface area contributed by atoms with Gasteiger partial charge in [-0.1, -0.05) is 0 Å². The number of carbonyl (C=O) groups excluding carboxylic acids is 1. The van der Waals surface area contributed by atoms with Crippen molar-refractivity contribution in [1.82, 2.24) is 0 Å². The zero-order valence-corrected chi connectivity index (χ0v) is 11.0. The third-order valence-corrected chi connectivity index (χ3v) is 3.05. The number of anilines is 1. The minimum atomic E-state index is -3.07. The van der Waals surface area contributed by atoms with Crippen LogP contribution in [0, 0.1) is 0 Å². The van der Waals surface area contributed by atoms with Crippen molar-refractivity contribution in [2.45, 2.75) is 0 Å². The van der Waals surface area contributed by atoms with E-state index in [9.17, 15) is 13.2 Å². The molecule has 1 aromatic rings. The second-order valence-corrected chi connectivity index (χ2v) is 5.98. The average Bonchev–Trinajstić information content (AvgIpc) is 2.28. The van der Waals surface area contributed by atoms with E-state index in [4.69, 9.17) is 10.5 Å². The summed E-state index contributed by atoms with van der Waals surface area (Å²) in [6.45, 7) is 0.0145. The summed E-state index contributed by atoms with van der Waals surface area (Å²) in [5.41, 5.74) is 6.25. The van der Waals surface area contributed by atoms with Crippen LogP contribution in [0.15, 0.2) is 18.2 Å². The average molecular weight is 273 g/mol. The fourth-order valence-corrected chi connectivity index (χ4v) is 1.61. The third-order valence-electron chi connectivity index (χ3n) is 2.14. The molecule has 0 heterocycles. The molecule has 0 amide bonds. The maximum atomic E-state index is 11.2. The van der Waals surface area contributed by atoms with E-state index in [1.807, 2.05) is 0 Å². The molecule has 100 valence electrons. The number of hydrogen-bond acceptors (Lipinski definition) is 6. The number of rotatable bonds is 5. The summed E-state index contributed by atoms with van der Waals surface area (Å²) in [5.74, 6) is -0.249. The van der Waals surface area contributed by atoms with E-state index >= 15 is 0 Å². The largest absolute Gasteiger partial charge is 0.490 e. The molecular formula is C11H15NO5S. The molecule has 18 heavy (non-hydrogen) atoms. The van der Waals surface area contributed by atoms with Crippen molar-refractivity contribution >= 4 is 21.5 Å². The molecule has 0 radical (unpaired) electrons. The van der Waals surface area contributed by atoms with Gasteiger partial charge in [-0.25, -0.2) is 13.2 Å². The van der Waals surface area contributed by atoms with Gasteiger partial charge < -0.3 is 15.2 Å². The van der Waals surface area contributed by atoms with E-state index in [0.717, 1.165) is 6.26 Å². The maximum Gasteiger partial charge on any atom is 0.337 e. The lowest BCUT2D eigenvalue weighted by molar-refractivity contribution is 0.0600. The highest BCUT2D eigenvalue weighted by atomic mass is 32.2. The molecule has 0 aliphatic rings. The van der Waals surface area contributed by atoms with Crippen LogP contribution in [0.25, 0.3) is 0 Å². The standard InChI is InChI=1S/C11H15NO5S/c1-16-11(13)8-3-4-10(9(12)7-8)17-5-6-18(2,14)15/h3-4,7H,5-6,12H2,1-2H3. The summed E-state index contributed by atoms with van der Waals surface area (Å²) >= 11 is 0. The van der Waals surface area contributed by atoms with Crippen LogP contribution in [-0.2, 0) is 14.6 Å². The fraction of sp³-hybridized carbons (Fsp3) is 0.364. The zero-order chi connectivity index (χ0) is 13.8. The summed E-state index contributed by atoms with van der Waals surface area (Å²) in [7, 11) is -1.80. The van der Waals surface area contributed by atoms with Gasteiger partial charge in [0.25, 0.3) is 0 Å². The highest BCUT2D eigenvalue weighted by Gasteiger charge is 2.09. The maximum absolute atomic E-state index is 11.2. The predicted molar refractivity (Wildman–Crippen MR) is 67.4 cm³/mol. The van der Waals surface area contributed by atoms with E-state index in [1.54, 1.807) is 0 Å². The molecule has 1 rings (SSSR count). The van der Waals surface area contributed by atoms with E-state index in [1.165, 1.54) is 25.3 Å². The van der Waals surface area contributed by atoms with Gasteiger partial charge in [-0.05, 0) is 18.2 Å². The van der Waals surface area contributed by atoms with Gasteiger partial charge in [0.15, 0.2) is 9.84 Å². The van der Waals surface area contributed by atoms with E-state index < -0.39 is 15.8 Å². The summed E-state index contributed by atoms with van der Waals surface area (Å²) in [5, 5.41) is 0. The topological polar surface area (TPSA) is 95.7 Å². The smallest absolute Gasteiger partial charge is 0.337 e. The number of sulfone groups is 1. The van der Waals surface area contributed by atoms with Crippen molar-refractivity contribution in [2.75, 3.05) is 31.5 Å². The molecule has 6 nitrogen and oxygen atoms in total. The molecule has 1 aromatic carbocycles. The molecule has 0 spiro atoms. The van der Waals surface area contributed by atoms with Gasteiger partial charge in [0.2, 0.25) is 0 Å². The first-order valence-electron chi connectivity index (χ1n) is 5.12. The molecule has 0 atom stereocenters. The quantitative estimate of drug-likeness (QED) is 0.619. The monoisotopic (exact) mass is 273 g/mol. The van der Waals surface area contributed by atoms with Crippen molar-refractivity contribution in [3.05, 3.63) is 23.8 Å². The van der Waals surface area contributed by atoms with Crippen LogP contribution in [0.3, 0.4) is 0 Å². The molecule has 7 heteroatoms. The Hall–Kier alpha value is -1.76. The highest BCUT2D eigenvalue weighted by molar-refractivity contribution is 7.90. The lowest BCUT2D eigenvalue weighted by Gasteiger charge is -2.09. The summed E-state index contributed by atoms with van der Waals surface area (Å²) in [6.07, 6.45) is 1.13. The first kappa shape index (κ1) is 14.3. The first-order valence-corrected chi connectivity index (χ1v) is 7.18. The van der Waals surface area contributed by atoms with Gasteiger partial charge in [-0.2, -0.15) is 0 Å². The molecule has 0 saturated carbocycles. The van der Waals surface area contributed by atoms with Gasteiger partial charge in [0.1, 0.15) is 12.4 Å². The van der Waals surface area contributed by atoms with Crippen molar-refractivity contribution in [3.8, 4) is 5.75 Å². The van der Waals surface area contributed by atoms with Crippen LogP contribution in [0.4, 0.5) is 5.69 Å². The Balaban J connectivity index is 2.71. The van der Waals surface area contributed by atoms with E-state index in [2.05, 4.69) is 4.74 Å². The Bertz CT molecular complexity index is 538. The van der Waals surface area contributed by atoms with Crippen molar-refractivity contribution < 1.29 is 22.7 Å². The van der Waals surface area contributed by atoms with Crippen LogP contribution in [0.2, 0.25) is 0 Å². The van der Waals surface area contributed by atoms with Crippen LogP contribution in [0.5, 0.6) is 5.75 Å². The third kappa shape index (κ3) is 4.25. The molecule has 0 saturated heterocycles. The van der Waals surface area contributed by atoms with Crippen LogP contribution >= 0.6 is 0 Å². The predicted octanol–water partition coefficient (Wildman–Crippen LogP) is 0.479. The van der Waals surface area contributed by atoms with E-state index in [-0.39, 0.29) is 18.0 Å². The Labute approximate surface area is 106 Å². The normalized spacial score (nSPS) is 11.0. The molecule has 0 fully saturated rings. The Morgan fingerprint density at radius 3 is 2.56 bits per heavy atom. The molecule has 0 aromatic heterocycles. The Morgan fingerprint density at radius 2 is 2.06 bits per heavy atom. The summed E-state index contributed by atoms with van der Waals surface area (Å²) < 4.78 is 31.6. The number of carbonyl (C=O) groups is 1. The Kier molecular flexibility index (Phi) is 4.55. The molecule has 2 N–H and O–H groups in total. The molecule has 0 aliphatic heterocycles. The number of ether oxygens (including phenoxy) is 2. The number of methoxy groups -OCH3 is 1. The molecule has 0 bridgehead atoms. The van der Waals surface area contributed by atoms with Gasteiger partial charge in [0, 0.05) is 6.26 Å². The fourth-order valence-electron chi connectivity index (χ4n) is 1.23. The number of esters is 1. The van der Waals surface area contributed by atoms with Crippen LogP contribution < -0.4 is 10.5 Å². The SMILES string of the molecule is COC(=O)c1ccc(OCCS(C)(=O)=O)c(N)c1. The van der Waals surface area contributed by atoms with Crippen molar-refractivity contribution in [2.24, 2.45) is 0 Å². The molecular weight excluding hydrogens is 258 g/mol. The number of hydrogen-bond donors (Lipinski definition) is 1. The second kappa shape index (κ2) is 5.72. The first-order chi connectivity index (χ1) is 8.33. The van der Waals surface area contributed by atoms with Gasteiger partial charge >= 0.3 is 5.97 Å². The van der Waals surface area contributed by atoms with Gasteiger partial charge in [0.05, 0.1) is 24.1 Å². The lowest BCUT2D eigenvalue weighted by Crippen LogP contribution is -2.13. The Morgan fingerprint density at radius 1 is 1.39 bits per heavy atom. The van der Waals surface area contributed by atoms with Crippen molar-refractivity contribution in [3.63, 3.8) is 0 Å². The van der Waals surface area contributed by atoms with Gasteiger partial charge in [-0.15, -0.1) is 0 Å². The minimum absolute atomic E-state index is 0.0145. The molecule has 0 unspecified atom stereocenters. The second-order valence-electron chi connectivity index (χ2n) is 3.72. The zero-order valence-electron chi connectivity index (χ0n) is 10.2.